The molecule has 1 fully saturated rings. The second-order valence-corrected chi connectivity index (χ2v) is 6.84. The molecular weight excluding hydrogens is 375 g/mol. The summed E-state index contributed by atoms with van der Waals surface area (Å²) in [6.07, 6.45) is 6.78. The van der Waals surface area contributed by atoms with Gasteiger partial charge in [-0.3, -0.25) is 10.1 Å². The van der Waals surface area contributed by atoms with E-state index in [4.69, 9.17) is 15.7 Å². The standard InChI is InChI=1S/C19H19FN8O/c1-10-19(20)18(15(8-23-10)29-14-4-2-3-12(14)22)13-5-16(28-27-13)26-17-9-24-11(6-21)7-25-17/h5,7-9,12,14H,2-4,22H2,1H3,(H2,25,26,27,28)/t12-,14-/m1/s1. The van der Waals surface area contributed by atoms with E-state index in [1.54, 1.807) is 13.0 Å². The summed E-state index contributed by atoms with van der Waals surface area (Å²) in [5.41, 5.74) is 7.24. The largest absolute Gasteiger partial charge is 0.486 e. The molecule has 4 N–H and O–H groups in total. The fourth-order valence-corrected chi connectivity index (χ4v) is 3.27. The number of pyridine rings is 1. The van der Waals surface area contributed by atoms with Crippen LogP contribution in [0, 0.1) is 24.1 Å². The van der Waals surface area contributed by atoms with Crippen LogP contribution in [-0.2, 0) is 0 Å². The number of hydrogen-bond acceptors (Lipinski definition) is 8. The van der Waals surface area contributed by atoms with Crippen LogP contribution in [0.3, 0.4) is 0 Å². The zero-order chi connectivity index (χ0) is 20.4. The topological polar surface area (TPSA) is 138 Å². The van der Waals surface area contributed by atoms with Crippen molar-refractivity contribution in [2.45, 2.75) is 38.3 Å². The van der Waals surface area contributed by atoms with Gasteiger partial charge in [-0.25, -0.2) is 14.4 Å². The van der Waals surface area contributed by atoms with Crippen LogP contribution in [0.1, 0.15) is 30.7 Å². The SMILES string of the molecule is Cc1ncc(O[C@@H]2CCC[C@H]2N)c(-c2cc(Nc3cnc(C#N)cn3)n[nH]2)c1F. The number of nitrogens with one attached hydrogen (secondary N) is 2. The number of halogens is 1. The molecule has 0 spiro atoms. The van der Waals surface area contributed by atoms with Crippen LogP contribution in [0.25, 0.3) is 11.3 Å². The van der Waals surface area contributed by atoms with Gasteiger partial charge in [0.15, 0.2) is 17.3 Å². The monoisotopic (exact) mass is 394 g/mol. The number of aromatic nitrogens is 5. The van der Waals surface area contributed by atoms with Crippen molar-refractivity contribution < 1.29 is 9.13 Å². The number of nitrogens with zero attached hydrogens (tertiary/aromatic N) is 5. The average Bonchev–Trinajstić information content (AvgIpc) is 3.35. The highest BCUT2D eigenvalue weighted by molar-refractivity contribution is 5.71. The predicted octanol–water partition coefficient (Wildman–Crippen LogP) is 2.58. The number of nitrogens with two attached hydrogens (primary N) is 1. The molecule has 148 valence electrons. The first-order chi connectivity index (χ1) is 14.0. The Balaban J connectivity index is 1.62. The van der Waals surface area contributed by atoms with Crippen molar-refractivity contribution in [2.24, 2.45) is 5.73 Å². The van der Waals surface area contributed by atoms with E-state index in [2.05, 4.69) is 30.5 Å². The van der Waals surface area contributed by atoms with E-state index < -0.39 is 5.82 Å². The van der Waals surface area contributed by atoms with Crippen molar-refractivity contribution in [1.82, 2.24) is 25.1 Å². The van der Waals surface area contributed by atoms with Crippen molar-refractivity contribution in [3.8, 4) is 23.1 Å². The first-order valence-corrected chi connectivity index (χ1v) is 9.17. The van der Waals surface area contributed by atoms with Crippen LogP contribution in [0.4, 0.5) is 16.0 Å². The van der Waals surface area contributed by atoms with Gasteiger partial charge in [0.1, 0.15) is 23.7 Å². The Morgan fingerprint density at radius 1 is 1.24 bits per heavy atom. The summed E-state index contributed by atoms with van der Waals surface area (Å²) in [5.74, 6) is 0.657. The number of H-pyrrole nitrogens is 1. The first-order valence-electron chi connectivity index (χ1n) is 9.17. The Morgan fingerprint density at radius 2 is 2.10 bits per heavy atom. The van der Waals surface area contributed by atoms with Crippen molar-refractivity contribution >= 4 is 11.6 Å². The quantitative estimate of drug-likeness (QED) is 0.600. The lowest BCUT2D eigenvalue weighted by Crippen LogP contribution is -2.33. The molecule has 0 amide bonds. The van der Waals surface area contributed by atoms with E-state index in [9.17, 15) is 4.39 Å². The lowest BCUT2D eigenvalue weighted by molar-refractivity contribution is 0.191. The highest BCUT2D eigenvalue weighted by atomic mass is 19.1. The minimum absolute atomic E-state index is 0.0823. The van der Waals surface area contributed by atoms with Gasteiger partial charge in [-0.15, -0.1) is 0 Å². The van der Waals surface area contributed by atoms with Crippen LogP contribution in [-0.4, -0.2) is 37.3 Å². The molecular formula is C19H19FN8O. The molecule has 1 aliphatic carbocycles. The van der Waals surface area contributed by atoms with Gasteiger partial charge in [0.25, 0.3) is 0 Å². The molecule has 4 rings (SSSR count). The van der Waals surface area contributed by atoms with E-state index in [1.807, 2.05) is 6.07 Å². The number of anilines is 2. The molecule has 0 bridgehead atoms. The summed E-state index contributed by atoms with van der Waals surface area (Å²) < 4.78 is 21.0. The van der Waals surface area contributed by atoms with E-state index in [-0.39, 0.29) is 29.1 Å². The molecule has 1 aliphatic rings. The second kappa shape index (κ2) is 7.81. The minimum Gasteiger partial charge on any atom is -0.486 e. The van der Waals surface area contributed by atoms with E-state index in [1.165, 1.54) is 18.6 Å². The molecule has 9 nitrogen and oxygen atoms in total. The number of ether oxygens (including phenoxy) is 1. The Bertz CT molecular complexity index is 1060. The molecule has 0 aromatic carbocycles. The molecule has 0 saturated heterocycles. The third kappa shape index (κ3) is 3.86. The number of nitriles is 1. The summed E-state index contributed by atoms with van der Waals surface area (Å²) in [6.45, 7) is 1.59. The number of rotatable bonds is 5. The van der Waals surface area contributed by atoms with Gasteiger partial charge in [0.05, 0.1) is 35.5 Å². The molecule has 10 heteroatoms. The highest BCUT2D eigenvalue weighted by Gasteiger charge is 2.28. The van der Waals surface area contributed by atoms with Gasteiger partial charge in [0.2, 0.25) is 0 Å². The van der Waals surface area contributed by atoms with Gasteiger partial charge in [-0.1, -0.05) is 0 Å². The second-order valence-electron chi connectivity index (χ2n) is 6.84. The zero-order valence-electron chi connectivity index (χ0n) is 15.7. The smallest absolute Gasteiger partial charge is 0.158 e. The maximum absolute atomic E-state index is 14.9. The summed E-state index contributed by atoms with van der Waals surface area (Å²) in [6, 6.07) is 3.46. The molecule has 0 aliphatic heterocycles. The lowest BCUT2D eigenvalue weighted by atomic mass is 10.1. The fraction of sp³-hybridized carbons (Fsp3) is 0.316. The molecule has 1 saturated carbocycles. The highest BCUT2D eigenvalue weighted by Crippen LogP contribution is 2.35. The van der Waals surface area contributed by atoms with E-state index in [0.29, 0.717) is 23.1 Å². The number of aryl methyl sites for hydroxylation is 1. The van der Waals surface area contributed by atoms with Gasteiger partial charge in [0, 0.05) is 12.1 Å². The van der Waals surface area contributed by atoms with Crippen LogP contribution < -0.4 is 15.8 Å². The first kappa shape index (κ1) is 18.8. The molecule has 0 unspecified atom stereocenters. The predicted molar refractivity (Wildman–Crippen MR) is 103 cm³/mol. The molecule has 0 radical (unpaired) electrons. The van der Waals surface area contributed by atoms with Crippen molar-refractivity contribution in [3.05, 3.63) is 41.9 Å². The van der Waals surface area contributed by atoms with Crippen LogP contribution >= 0.6 is 0 Å². The summed E-state index contributed by atoms with van der Waals surface area (Å²) >= 11 is 0. The zero-order valence-corrected chi connectivity index (χ0v) is 15.7. The Morgan fingerprint density at radius 3 is 2.79 bits per heavy atom. The maximum Gasteiger partial charge on any atom is 0.158 e. The maximum atomic E-state index is 14.9. The van der Waals surface area contributed by atoms with E-state index in [0.717, 1.165) is 19.3 Å². The number of aromatic amines is 1. The van der Waals surface area contributed by atoms with Crippen molar-refractivity contribution in [2.75, 3.05) is 5.32 Å². The van der Waals surface area contributed by atoms with Gasteiger partial charge >= 0.3 is 0 Å². The summed E-state index contributed by atoms with van der Waals surface area (Å²) in [7, 11) is 0. The normalized spacial score (nSPS) is 18.4. The van der Waals surface area contributed by atoms with Crippen LogP contribution in [0.5, 0.6) is 5.75 Å². The lowest BCUT2D eigenvalue weighted by Gasteiger charge is -2.20. The van der Waals surface area contributed by atoms with Gasteiger partial charge in [-0.05, 0) is 26.2 Å². The fourth-order valence-electron chi connectivity index (χ4n) is 3.27. The summed E-state index contributed by atoms with van der Waals surface area (Å²) in [5, 5.41) is 18.7. The van der Waals surface area contributed by atoms with Gasteiger partial charge in [-0.2, -0.15) is 10.4 Å². The molecule has 3 heterocycles. The van der Waals surface area contributed by atoms with Crippen molar-refractivity contribution in [3.63, 3.8) is 0 Å². The Labute approximate surface area is 166 Å². The Hall–Kier alpha value is -3.58. The molecule has 3 aromatic rings. The molecule has 29 heavy (non-hydrogen) atoms. The number of hydrogen-bond donors (Lipinski definition) is 3. The minimum atomic E-state index is -0.484. The van der Waals surface area contributed by atoms with Crippen LogP contribution in [0.2, 0.25) is 0 Å². The Kier molecular flexibility index (Phi) is 5.05. The molecule has 2 atom stereocenters. The summed E-state index contributed by atoms with van der Waals surface area (Å²) in [4.78, 5) is 12.1. The average molecular weight is 394 g/mol. The van der Waals surface area contributed by atoms with Crippen LogP contribution in [0.15, 0.2) is 24.7 Å². The molecule has 3 aromatic heterocycles. The van der Waals surface area contributed by atoms with Gasteiger partial charge < -0.3 is 15.8 Å². The van der Waals surface area contributed by atoms with E-state index >= 15 is 0 Å². The third-order valence-corrected chi connectivity index (χ3v) is 4.81. The third-order valence-electron chi connectivity index (χ3n) is 4.81. The van der Waals surface area contributed by atoms with Crippen molar-refractivity contribution in [1.29, 1.82) is 5.26 Å².